The number of para-hydroxylation sites is 2. The van der Waals surface area contributed by atoms with Crippen LogP contribution < -0.4 is 0 Å². The smallest absolute Gasteiger partial charge is 0.0541 e. The Morgan fingerprint density at radius 2 is 0.579 bits per heavy atom. The first-order chi connectivity index (χ1) is 47.0. The van der Waals surface area contributed by atoms with Crippen molar-refractivity contribution in [3.63, 3.8) is 0 Å². The number of fused-ring (bicyclic) bond motifs is 15. The van der Waals surface area contributed by atoms with Crippen LogP contribution in [-0.2, 0) is 11.8 Å². The lowest BCUT2D eigenvalue weighted by Gasteiger charge is -2.29. The van der Waals surface area contributed by atoms with Crippen molar-refractivity contribution < 1.29 is 0 Å². The highest BCUT2D eigenvalue weighted by Crippen LogP contribution is 2.59. The van der Waals surface area contributed by atoms with Crippen LogP contribution in [0.3, 0.4) is 0 Å². The second-order valence-corrected chi connectivity index (χ2v) is 25.9. The third kappa shape index (κ3) is 9.01. The van der Waals surface area contributed by atoms with Gasteiger partial charge in [-0.3, -0.25) is 0 Å². The van der Waals surface area contributed by atoms with Crippen LogP contribution in [-0.4, -0.2) is 9.13 Å². The molecule has 1 spiro atoms. The van der Waals surface area contributed by atoms with Gasteiger partial charge in [0, 0.05) is 37.7 Å². The van der Waals surface area contributed by atoms with Gasteiger partial charge < -0.3 is 9.13 Å². The Bertz CT molecular complexity index is 5640. The molecule has 2 aromatic heterocycles. The zero-order valence-electron chi connectivity index (χ0n) is 52.3. The first kappa shape index (κ1) is 54.6. The van der Waals surface area contributed by atoms with Crippen LogP contribution in [0.15, 0.2) is 328 Å². The number of hydrogen-bond acceptors (Lipinski definition) is 0. The highest BCUT2D eigenvalue weighted by molar-refractivity contribution is 6.13. The van der Waals surface area contributed by atoms with Crippen LogP contribution >= 0.6 is 0 Å². The predicted molar refractivity (Wildman–Crippen MR) is 403 cm³/mol. The molecule has 0 atom stereocenters. The molecule has 2 heteroatoms. The molecule has 0 amide bonds. The maximum absolute atomic E-state index is 2.51. The fraction of sp³-hybridized carbons (Fsp3) is 0.0323. The summed E-state index contributed by atoms with van der Waals surface area (Å²) >= 11 is 0. The molecule has 95 heavy (non-hydrogen) atoms. The molecule has 0 saturated carbocycles. The van der Waals surface area contributed by atoms with Crippen LogP contribution in [0.1, 0.15) is 50.9 Å². The van der Waals surface area contributed by atoms with Crippen molar-refractivity contribution >= 4 is 89.5 Å². The van der Waals surface area contributed by atoms with Crippen molar-refractivity contribution in [1.82, 2.24) is 9.13 Å². The summed E-state index contributed by atoms with van der Waals surface area (Å²) in [5.74, 6) is 0. The summed E-state index contributed by atoms with van der Waals surface area (Å²) in [6, 6.07) is 122. The van der Waals surface area contributed by atoms with Gasteiger partial charge in [-0.15, -0.1) is 0 Å². The largest absolute Gasteiger partial charge is 0.309 e. The molecule has 0 saturated heterocycles. The molecular formula is C93H62N2. The van der Waals surface area contributed by atoms with Gasteiger partial charge in [0.2, 0.25) is 0 Å². The molecule has 0 N–H and O–H groups in total. The van der Waals surface area contributed by atoms with Gasteiger partial charge in [-0.05, 0) is 184 Å². The molecule has 15 aromatic carbocycles. The number of aromatic nitrogens is 2. The molecule has 2 nitrogen and oxygen atoms in total. The van der Waals surface area contributed by atoms with E-state index in [-0.39, 0.29) is 5.41 Å². The molecule has 0 unspecified atom stereocenters. The second kappa shape index (κ2) is 22.1. The third-order valence-corrected chi connectivity index (χ3v) is 20.8. The summed E-state index contributed by atoms with van der Waals surface area (Å²) < 4.78 is 4.86. The molecule has 0 fully saturated rings. The predicted octanol–water partition coefficient (Wildman–Crippen LogP) is 24.5. The van der Waals surface area contributed by atoms with Crippen LogP contribution in [0, 0.1) is 0 Å². The topological polar surface area (TPSA) is 9.86 Å². The quantitative estimate of drug-likeness (QED) is 0.121. The van der Waals surface area contributed by atoms with Crippen molar-refractivity contribution in [1.29, 1.82) is 0 Å². The van der Waals surface area contributed by atoms with Crippen LogP contribution in [0.5, 0.6) is 0 Å². The maximum Gasteiger partial charge on any atom is 0.0541 e. The summed E-state index contributed by atoms with van der Waals surface area (Å²) in [4.78, 5) is 0. The number of nitrogens with zero attached hydrogens (tertiary/aromatic N) is 2. The average molecular weight is 1210 g/mol. The average Bonchev–Trinajstić information content (AvgIpc) is 1.54. The zero-order chi connectivity index (χ0) is 62.6. The van der Waals surface area contributed by atoms with E-state index in [1.807, 2.05) is 0 Å². The van der Waals surface area contributed by atoms with Gasteiger partial charge >= 0.3 is 0 Å². The van der Waals surface area contributed by atoms with Gasteiger partial charge in [-0.25, -0.2) is 0 Å². The summed E-state index contributed by atoms with van der Waals surface area (Å²) in [6.45, 7) is 0. The Morgan fingerprint density at radius 3 is 1.02 bits per heavy atom. The van der Waals surface area contributed by atoms with E-state index in [0.29, 0.717) is 0 Å². The summed E-state index contributed by atoms with van der Waals surface area (Å²) in [5.41, 5.74) is 29.9. The number of benzene rings is 15. The molecule has 0 radical (unpaired) electrons. The van der Waals surface area contributed by atoms with Crippen molar-refractivity contribution in [2.45, 2.75) is 18.3 Å². The van der Waals surface area contributed by atoms with Crippen molar-refractivity contribution in [2.24, 2.45) is 0 Å². The Balaban J connectivity index is 0.554. The maximum atomic E-state index is 2.51. The fourth-order valence-electron chi connectivity index (χ4n) is 16.1. The van der Waals surface area contributed by atoms with E-state index in [1.54, 1.807) is 0 Å². The molecule has 444 valence electrons. The Kier molecular flexibility index (Phi) is 12.7. The van der Waals surface area contributed by atoms with E-state index in [4.69, 9.17) is 0 Å². The molecule has 17 aromatic rings. The van der Waals surface area contributed by atoms with Gasteiger partial charge in [0.25, 0.3) is 0 Å². The molecule has 19 rings (SSSR count). The van der Waals surface area contributed by atoms with Gasteiger partial charge in [-0.1, -0.05) is 291 Å². The molecule has 0 aliphatic heterocycles. The Morgan fingerprint density at radius 1 is 0.242 bits per heavy atom. The molecule has 2 aliphatic carbocycles. The van der Waals surface area contributed by atoms with Gasteiger partial charge in [0.15, 0.2) is 0 Å². The normalized spacial score (nSPS) is 13.2. The minimum atomic E-state index is -0.222. The minimum absolute atomic E-state index is 0.222. The lowest BCUT2D eigenvalue weighted by molar-refractivity contribution is 0.626. The highest BCUT2D eigenvalue weighted by atomic mass is 15.0. The van der Waals surface area contributed by atoms with E-state index in [0.717, 1.165) is 12.8 Å². The van der Waals surface area contributed by atoms with Crippen molar-refractivity contribution in [2.75, 3.05) is 0 Å². The van der Waals surface area contributed by atoms with Gasteiger partial charge in [0.05, 0.1) is 33.4 Å². The van der Waals surface area contributed by atoms with Crippen LogP contribution in [0.4, 0.5) is 0 Å². The van der Waals surface area contributed by atoms with Crippen molar-refractivity contribution in [3.05, 3.63) is 372 Å². The lowest BCUT2D eigenvalue weighted by Crippen LogP contribution is -2.23. The first-order valence-electron chi connectivity index (χ1n) is 33.2. The van der Waals surface area contributed by atoms with Crippen LogP contribution in [0.2, 0.25) is 0 Å². The van der Waals surface area contributed by atoms with Gasteiger partial charge in [0.1, 0.15) is 0 Å². The van der Waals surface area contributed by atoms with Crippen molar-refractivity contribution in [3.8, 4) is 67.0 Å². The summed E-state index contributed by atoms with van der Waals surface area (Å²) in [5, 5.41) is 10.0. The Labute approximate surface area is 552 Å². The SMILES string of the molecule is C(=C\c1ccc(-c2ccc3c(c2)c2ccccc2n3-c2cccc3ccccc23)cc1)/c1ccc(-c2ccc3c(c2)C2(CCc4ccccc42)c2cc(-c4ccc(/C=C/c5ccc(-c6ccc7c(c6)c6ccccc6n7-c6cccc7ccccc67)cc5)cc4)ccc2-3)cc1. The van der Waals surface area contributed by atoms with E-state index in [1.165, 1.54) is 177 Å². The monoisotopic (exact) mass is 1210 g/mol. The molecule has 2 aliphatic rings. The fourth-order valence-corrected chi connectivity index (χ4v) is 16.1. The third-order valence-electron chi connectivity index (χ3n) is 20.8. The first-order valence-corrected chi connectivity index (χ1v) is 33.2. The Hall–Kier alpha value is -12.1. The molecular weight excluding hydrogens is 1150 g/mol. The van der Waals surface area contributed by atoms with Crippen LogP contribution in [0.25, 0.3) is 156 Å². The van der Waals surface area contributed by atoms with E-state index >= 15 is 0 Å². The standard InChI is InChI=1S/C93H62N2/c1-4-18-76-69(13-1)16-11-25-87(76)94-89-23-9-6-20-80(89)82-57-72(49-53-91(82)94)65-39-31-61(32-40-65)27-29-63-35-43-67(44-36-63)74-47-51-78-79-52-48-75(60-86(79)93(85(78)59-74)56-55-71-15-3-8-22-84(71)93)68-45-37-64(38-46-68)30-28-62-33-41-66(42-34-62)73-50-54-92-83(58-73)81-21-7-10-24-90(81)95(92)88-26-12-17-70-14-2-5-19-77(70)88/h1-54,57-60H,55-56H2/b29-27+,30-28+. The van der Waals surface area contributed by atoms with Gasteiger partial charge in [-0.2, -0.15) is 0 Å². The highest BCUT2D eigenvalue weighted by Gasteiger charge is 2.48. The van der Waals surface area contributed by atoms with E-state index < -0.39 is 0 Å². The summed E-state index contributed by atoms with van der Waals surface area (Å²) in [7, 11) is 0. The number of rotatable bonds is 10. The van der Waals surface area contributed by atoms with E-state index in [9.17, 15) is 0 Å². The number of hydrogen-bond donors (Lipinski definition) is 0. The van der Waals surface area contributed by atoms with E-state index in [2.05, 4.69) is 361 Å². The molecule has 0 bridgehead atoms. The zero-order valence-corrected chi connectivity index (χ0v) is 52.3. The lowest BCUT2D eigenvalue weighted by atomic mass is 9.72. The second-order valence-electron chi connectivity index (χ2n) is 25.9. The minimum Gasteiger partial charge on any atom is -0.309 e. The number of aryl methyl sites for hydroxylation is 1. The summed E-state index contributed by atoms with van der Waals surface area (Å²) in [6.07, 6.45) is 11.0. The molecule has 2 heterocycles.